The minimum atomic E-state index is -0.419. The predicted molar refractivity (Wildman–Crippen MR) is 50.0 cm³/mol. The fraction of sp³-hybridized carbons (Fsp3) is 1.00. The van der Waals surface area contributed by atoms with Crippen molar-refractivity contribution in [3.05, 3.63) is 0 Å². The molecule has 0 aliphatic rings. The molecule has 12 heavy (non-hydrogen) atoms. The second kappa shape index (κ2) is 5.51. The first-order valence-corrected chi connectivity index (χ1v) is 4.54. The number of rotatable bonds is 6. The summed E-state index contributed by atoms with van der Waals surface area (Å²) in [7, 11) is 0. The Morgan fingerprint density at radius 2 is 2.08 bits per heavy atom. The first kappa shape index (κ1) is 11.9. The zero-order chi connectivity index (χ0) is 9.61. The van der Waals surface area contributed by atoms with E-state index in [0.717, 1.165) is 6.42 Å². The number of hydrogen-bond acceptors (Lipinski definition) is 3. The van der Waals surface area contributed by atoms with Gasteiger partial charge in [-0.1, -0.05) is 6.92 Å². The minimum absolute atomic E-state index is 0.0751. The molecule has 0 aliphatic carbocycles. The number of aliphatic hydroxyl groups excluding tert-OH is 1. The van der Waals surface area contributed by atoms with Gasteiger partial charge in [0, 0.05) is 13.2 Å². The summed E-state index contributed by atoms with van der Waals surface area (Å²) in [6.45, 7) is 7.07. The Balaban J connectivity index is 3.42. The maximum Gasteiger partial charge on any atom is 0.0684 e. The summed E-state index contributed by atoms with van der Waals surface area (Å²) >= 11 is 0. The van der Waals surface area contributed by atoms with Crippen LogP contribution < -0.4 is 5.73 Å². The van der Waals surface area contributed by atoms with Crippen LogP contribution in [0, 0.1) is 0 Å². The van der Waals surface area contributed by atoms with Gasteiger partial charge in [-0.05, 0) is 26.7 Å². The van der Waals surface area contributed by atoms with Gasteiger partial charge in [-0.2, -0.15) is 0 Å². The van der Waals surface area contributed by atoms with Crippen molar-refractivity contribution >= 4 is 0 Å². The zero-order valence-electron chi connectivity index (χ0n) is 8.34. The molecule has 3 nitrogen and oxygen atoms in total. The van der Waals surface area contributed by atoms with Gasteiger partial charge >= 0.3 is 0 Å². The summed E-state index contributed by atoms with van der Waals surface area (Å²) < 4.78 is 5.54. The molecule has 0 saturated carbocycles. The lowest BCUT2D eigenvalue weighted by molar-refractivity contribution is -0.0323. The van der Waals surface area contributed by atoms with Crippen LogP contribution in [0.2, 0.25) is 0 Å². The molecule has 1 unspecified atom stereocenters. The van der Waals surface area contributed by atoms with E-state index in [-0.39, 0.29) is 5.60 Å². The van der Waals surface area contributed by atoms with E-state index in [1.807, 2.05) is 13.8 Å². The fourth-order valence-corrected chi connectivity index (χ4v) is 0.691. The molecule has 3 N–H and O–H groups in total. The molecule has 0 heterocycles. The summed E-state index contributed by atoms with van der Waals surface area (Å²) in [4.78, 5) is 0. The van der Waals surface area contributed by atoms with E-state index in [4.69, 9.17) is 15.6 Å². The van der Waals surface area contributed by atoms with E-state index < -0.39 is 6.10 Å². The lowest BCUT2D eigenvalue weighted by Crippen LogP contribution is -2.27. The zero-order valence-corrected chi connectivity index (χ0v) is 8.34. The Morgan fingerprint density at radius 1 is 1.50 bits per heavy atom. The van der Waals surface area contributed by atoms with Crippen LogP contribution in [0.1, 0.15) is 33.6 Å². The van der Waals surface area contributed by atoms with Gasteiger partial charge in [0.05, 0.1) is 11.7 Å². The van der Waals surface area contributed by atoms with Gasteiger partial charge in [0.25, 0.3) is 0 Å². The van der Waals surface area contributed by atoms with E-state index in [9.17, 15) is 0 Å². The number of aliphatic hydroxyl groups is 1. The van der Waals surface area contributed by atoms with Gasteiger partial charge in [0.15, 0.2) is 0 Å². The summed E-state index contributed by atoms with van der Waals surface area (Å²) in [6.07, 6.45) is 1.18. The maximum absolute atomic E-state index is 9.12. The molecule has 0 saturated heterocycles. The predicted octanol–water partition coefficient (Wildman–Crippen LogP) is 0.901. The summed E-state index contributed by atoms with van der Waals surface area (Å²) in [6, 6.07) is 0. The second-order valence-electron chi connectivity index (χ2n) is 3.64. The van der Waals surface area contributed by atoms with Crippen LogP contribution in [-0.2, 0) is 4.74 Å². The summed E-state index contributed by atoms with van der Waals surface area (Å²) in [5.74, 6) is 0. The molecule has 0 aromatic rings. The third-order valence-electron chi connectivity index (χ3n) is 2.07. The lowest BCUT2D eigenvalue weighted by Gasteiger charge is -2.23. The highest BCUT2D eigenvalue weighted by Gasteiger charge is 2.15. The molecular formula is C9H21NO2. The molecule has 0 amide bonds. The highest BCUT2D eigenvalue weighted by Crippen LogP contribution is 2.13. The molecule has 3 heteroatoms. The van der Waals surface area contributed by atoms with Crippen molar-refractivity contribution in [3.8, 4) is 0 Å². The van der Waals surface area contributed by atoms with Crippen molar-refractivity contribution < 1.29 is 9.84 Å². The van der Waals surface area contributed by atoms with Gasteiger partial charge in [0.1, 0.15) is 0 Å². The molecule has 0 bridgehead atoms. The van der Waals surface area contributed by atoms with Crippen molar-refractivity contribution in [2.75, 3.05) is 13.2 Å². The largest absolute Gasteiger partial charge is 0.392 e. The smallest absolute Gasteiger partial charge is 0.0684 e. The van der Waals surface area contributed by atoms with Gasteiger partial charge in [-0.15, -0.1) is 0 Å². The number of ether oxygens (including phenoxy) is 1. The maximum atomic E-state index is 9.12. The molecule has 0 aromatic carbocycles. The van der Waals surface area contributed by atoms with Crippen molar-refractivity contribution in [2.24, 2.45) is 5.73 Å². The molecule has 0 radical (unpaired) electrons. The van der Waals surface area contributed by atoms with Gasteiger partial charge < -0.3 is 15.6 Å². The monoisotopic (exact) mass is 175 g/mol. The van der Waals surface area contributed by atoms with Crippen molar-refractivity contribution in [1.29, 1.82) is 0 Å². The molecule has 74 valence electrons. The third-order valence-corrected chi connectivity index (χ3v) is 2.07. The molecule has 0 aromatic heterocycles. The van der Waals surface area contributed by atoms with Crippen LogP contribution in [0.3, 0.4) is 0 Å². The SMILES string of the molecule is CCC(C)(C)OCCC(O)CN. The van der Waals surface area contributed by atoms with Gasteiger partial charge in [-0.25, -0.2) is 0 Å². The van der Waals surface area contributed by atoms with Crippen molar-refractivity contribution in [3.63, 3.8) is 0 Å². The third kappa shape index (κ3) is 5.52. The van der Waals surface area contributed by atoms with E-state index in [2.05, 4.69) is 6.92 Å². The van der Waals surface area contributed by atoms with E-state index in [1.54, 1.807) is 0 Å². The van der Waals surface area contributed by atoms with Crippen molar-refractivity contribution in [2.45, 2.75) is 45.3 Å². The van der Waals surface area contributed by atoms with E-state index in [0.29, 0.717) is 19.6 Å². The van der Waals surface area contributed by atoms with Crippen LogP contribution >= 0.6 is 0 Å². The summed E-state index contributed by atoms with van der Waals surface area (Å²) in [5, 5.41) is 9.12. The molecule has 0 fully saturated rings. The van der Waals surface area contributed by atoms with Crippen LogP contribution in [0.25, 0.3) is 0 Å². The highest BCUT2D eigenvalue weighted by molar-refractivity contribution is 4.65. The van der Waals surface area contributed by atoms with Crippen LogP contribution in [0.15, 0.2) is 0 Å². The Morgan fingerprint density at radius 3 is 2.50 bits per heavy atom. The topological polar surface area (TPSA) is 55.5 Å². The average Bonchev–Trinajstić information content (AvgIpc) is 2.04. The Bertz CT molecular complexity index is 115. The van der Waals surface area contributed by atoms with Crippen molar-refractivity contribution in [1.82, 2.24) is 0 Å². The first-order valence-electron chi connectivity index (χ1n) is 4.54. The molecule has 0 rings (SSSR count). The number of nitrogens with two attached hydrogens (primary N) is 1. The Labute approximate surface area is 74.9 Å². The fourth-order valence-electron chi connectivity index (χ4n) is 0.691. The van der Waals surface area contributed by atoms with Crippen LogP contribution in [0.4, 0.5) is 0 Å². The molecule has 0 spiro atoms. The van der Waals surface area contributed by atoms with Crippen LogP contribution in [0.5, 0.6) is 0 Å². The highest BCUT2D eigenvalue weighted by atomic mass is 16.5. The van der Waals surface area contributed by atoms with Gasteiger partial charge in [0.2, 0.25) is 0 Å². The molecular weight excluding hydrogens is 154 g/mol. The number of hydrogen-bond donors (Lipinski definition) is 2. The molecule has 1 atom stereocenters. The quantitative estimate of drug-likeness (QED) is 0.630. The second-order valence-corrected chi connectivity index (χ2v) is 3.64. The Hall–Kier alpha value is -0.120. The van der Waals surface area contributed by atoms with E-state index >= 15 is 0 Å². The first-order chi connectivity index (χ1) is 5.52. The van der Waals surface area contributed by atoms with Crippen LogP contribution in [-0.4, -0.2) is 30.0 Å². The average molecular weight is 175 g/mol. The Kier molecular flexibility index (Phi) is 5.46. The summed E-state index contributed by atoms with van der Waals surface area (Å²) in [5.41, 5.74) is 5.17. The minimum Gasteiger partial charge on any atom is -0.392 e. The van der Waals surface area contributed by atoms with E-state index in [1.165, 1.54) is 0 Å². The van der Waals surface area contributed by atoms with Gasteiger partial charge in [-0.3, -0.25) is 0 Å². The standard InChI is InChI=1S/C9H21NO2/c1-4-9(2,3)12-6-5-8(11)7-10/h8,11H,4-7,10H2,1-3H3. The lowest BCUT2D eigenvalue weighted by atomic mass is 10.1. The normalized spacial score (nSPS) is 14.8. The molecule has 0 aliphatic heterocycles.